The van der Waals surface area contributed by atoms with Gasteiger partial charge in [-0.25, -0.2) is 9.97 Å². The van der Waals surface area contributed by atoms with Gasteiger partial charge in [-0.05, 0) is 49.8 Å². The Hall–Kier alpha value is -0.810. The van der Waals surface area contributed by atoms with Crippen LogP contribution in [0.2, 0.25) is 0 Å². The monoisotopic (exact) mass is 321 g/mol. The normalized spacial score (nSPS) is 14.7. The highest BCUT2D eigenvalue weighted by Crippen LogP contribution is 2.39. The molecule has 114 valence electrons. The number of hydrogen-bond donors (Lipinski definition) is 1. The van der Waals surface area contributed by atoms with E-state index in [1.807, 2.05) is 17.6 Å². The van der Waals surface area contributed by atoms with Crippen molar-refractivity contribution < 1.29 is 0 Å². The van der Waals surface area contributed by atoms with E-state index < -0.39 is 0 Å². The lowest BCUT2D eigenvalue weighted by atomic mass is 9.97. The topological polar surface area (TPSA) is 37.8 Å². The highest BCUT2D eigenvalue weighted by molar-refractivity contribution is 7.98. The minimum absolute atomic E-state index is 0.714. The third-order valence-corrected chi connectivity index (χ3v) is 5.72. The van der Waals surface area contributed by atoms with Gasteiger partial charge in [-0.15, -0.1) is 11.3 Å². The number of aryl methyl sites for hydroxylation is 2. The smallest absolute Gasteiger partial charge is 0.190 e. The van der Waals surface area contributed by atoms with Gasteiger partial charge in [0.2, 0.25) is 0 Å². The first kappa shape index (κ1) is 15.1. The molecular formula is C16H23N3S2. The first-order valence-electron chi connectivity index (χ1n) is 7.79. The molecule has 21 heavy (non-hydrogen) atoms. The molecule has 0 radical (unpaired) electrons. The Morgan fingerprint density at radius 2 is 2.05 bits per heavy atom. The standard InChI is InChI=1S/C16H23N3S2/c1-10(2)8-9-17-14-13-11-6-4-5-7-12(11)21-15(13)19-16(18-14)20-3/h10H,4-9H2,1-3H3,(H,17,18,19). The van der Waals surface area contributed by atoms with Crippen LogP contribution >= 0.6 is 23.1 Å². The van der Waals surface area contributed by atoms with Crippen molar-refractivity contribution in [3.8, 4) is 0 Å². The molecule has 0 atom stereocenters. The fourth-order valence-corrected chi connectivity index (χ4v) is 4.52. The van der Waals surface area contributed by atoms with E-state index in [0.29, 0.717) is 5.92 Å². The van der Waals surface area contributed by atoms with Crippen molar-refractivity contribution in [2.24, 2.45) is 5.92 Å². The van der Waals surface area contributed by atoms with E-state index in [-0.39, 0.29) is 0 Å². The third-order valence-electron chi connectivity index (χ3n) is 3.99. The molecule has 0 unspecified atom stereocenters. The number of thioether (sulfide) groups is 1. The maximum absolute atomic E-state index is 4.74. The van der Waals surface area contributed by atoms with Crippen molar-refractivity contribution in [1.29, 1.82) is 0 Å². The van der Waals surface area contributed by atoms with Crippen LogP contribution in [0, 0.1) is 5.92 Å². The number of nitrogens with zero attached hydrogens (tertiary/aromatic N) is 2. The van der Waals surface area contributed by atoms with Crippen molar-refractivity contribution in [2.45, 2.75) is 51.1 Å². The fraction of sp³-hybridized carbons (Fsp3) is 0.625. The summed E-state index contributed by atoms with van der Waals surface area (Å²) in [6.07, 6.45) is 8.25. The molecule has 1 N–H and O–H groups in total. The van der Waals surface area contributed by atoms with Gasteiger partial charge in [0.25, 0.3) is 0 Å². The Morgan fingerprint density at radius 3 is 2.81 bits per heavy atom. The predicted molar refractivity (Wildman–Crippen MR) is 93.8 cm³/mol. The molecular weight excluding hydrogens is 298 g/mol. The van der Waals surface area contributed by atoms with Crippen LogP contribution in [-0.4, -0.2) is 22.8 Å². The molecule has 2 aromatic rings. The molecule has 2 aromatic heterocycles. The molecule has 1 aliphatic rings. The predicted octanol–water partition coefficient (Wildman–Crippen LogP) is 4.75. The first-order valence-corrected chi connectivity index (χ1v) is 9.83. The Labute approximate surface area is 135 Å². The van der Waals surface area contributed by atoms with Crippen LogP contribution in [0.15, 0.2) is 5.16 Å². The van der Waals surface area contributed by atoms with Gasteiger partial charge < -0.3 is 5.32 Å². The number of thiophene rings is 1. The minimum Gasteiger partial charge on any atom is -0.369 e. The molecule has 0 fully saturated rings. The number of rotatable bonds is 5. The summed E-state index contributed by atoms with van der Waals surface area (Å²) in [6.45, 7) is 5.51. The number of aromatic nitrogens is 2. The number of fused-ring (bicyclic) bond motifs is 3. The highest BCUT2D eigenvalue weighted by Gasteiger charge is 2.20. The molecule has 3 nitrogen and oxygen atoms in total. The van der Waals surface area contributed by atoms with E-state index in [1.54, 1.807) is 11.8 Å². The quantitative estimate of drug-likeness (QED) is 0.637. The number of anilines is 1. The van der Waals surface area contributed by atoms with E-state index in [2.05, 4.69) is 19.2 Å². The summed E-state index contributed by atoms with van der Waals surface area (Å²) in [4.78, 5) is 12.2. The first-order chi connectivity index (χ1) is 10.2. The maximum atomic E-state index is 4.74. The summed E-state index contributed by atoms with van der Waals surface area (Å²) in [6, 6.07) is 0. The lowest BCUT2D eigenvalue weighted by Gasteiger charge is -2.13. The summed E-state index contributed by atoms with van der Waals surface area (Å²) >= 11 is 3.51. The third kappa shape index (κ3) is 3.19. The molecule has 1 aliphatic carbocycles. The molecule has 0 bridgehead atoms. The van der Waals surface area contributed by atoms with Gasteiger partial charge in [-0.3, -0.25) is 0 Å². The van der Waals surface area contributed by atoms with Crippen molar-refractivity contribution in [2.75, 3.05) is 18.1 Å². The van der Waals surface area contributed by atoms with Gasteiger partial charge in [0.05, 0.1) is 5.39 Å². The lowest BCUT2D eigenvalue weighted by molar-refractivity contribution is 0.606. The van der Waals surface area contributed by atoms with Gasteiger partial charge in [0.15, 0.2) is 5.16 Å². The molecule has 0 amide bonds. The van der Waals surface area contributed by atoms with Gasteiger partial charge in [-0.2, -0.15) is 0 Å². The van der Waals surface area contributed by atoms with E-state index in [1.165, 1.54) is 52.8 Å². The molecule has 0 aromatic carbocycles. The summed E-state index contributed by atoms with van der Waals surface area (Å²) in [5, 5.41) is 5.76. The average molecular weight is 322 g/mol. The zero-order valence-corrected chi connectivity index (χ0v) is 14.7. The molecule has 5 heteroatoms. The van der Waals surface area contributed by atoms with Crippen molar-refractivity contribution in [3.63, 3.8) is 0 Å². The molecule has 0 aliphatic heterocycles. The van der Waals surface area contributed by atoms with Gasteiger partial charge in [0.1, 0.15) is 10.6 Å². The fourth-order valence-electron chi connectivity index (χ4n) is 2.84. The van der Waals surface area contributed by atoms with Crippen LogP contribution in [0.1, 0.15) is 43.6 Å². The number of nitrogens with one attached hydrogen (secondary N) is 1. The van der Waals surface area contributed by atoms with E-state index in [4.69, 9.17) is 9.97 Å². The Morgan fingerprint density at radius 1 is 1.24 bits per heavy atom. The van der Waals surface area contributed by atoms with Crippen LogP contribution < -0.4 is 5.32 Å². The van der Waals surface area contributed by atoms with Gasteiger partial charge >= 0.3 is 0 Å². The molecule has 3 rings (SSSR count). The molecule has 0 saturated heterocycles. The molecule has 2 heterocycles. The highest BCUT2D eigenvalue weighted by atomic mass is 32.2. The van der Waals surface area contributed by atoms with Crippen molar-refractivity contribution >= 4 is 39.1 Å². The number of hydrogen-bond acceptors (Lipinski definition) is 5. The largest absolute Gasteiger partial charge is 0.369 e. The van der Waals surface area contributed by atoms with Crippen LogP contribution in [0.3, 0.4) is 0 Å². The minimum atomic E-state index is 0.714. The maximum Gasteiger partial charge on any atom is 0.190 e. The van der Waals surface area contributed by atoms with Gasteiger partial charge in [-0.1, -0.05) is 25.6 Å². The van der Waals surface area contributed by atoms with Crippen molar-refractivity contribution in [1.82, 2.24) is 9.97 Å². The average Bonchev–Trinajstić information content (AvgIpc) is 2.85. The van der Waals surface area contributed by atoms with E-state index in [9.17, 15) is 0 Å². The zero-order chi connectivity index (χ0) is 14.8. The second-order valence-corrected chi connectivity index (χ2v) is 7.92. The Bertz CT molecular complexity index is 634. The van der Waals surface area contributed by atoms with Crippen LogP contribution in [0.4, 0.5) is 5.82 Å². The lowest BCUT2D eigenvalue weighted by Crippen LogP contribution is -2.08. The second-order valence-electron chi connectivity index (χ2n) is 6.06. The summed E-state index contributed by atoms with van der Waals surface area (Å²) in [5.74, 6) is 1.77. The summed E-state index contributed by atoms with van der Waals surface area (Å²) in [5.41, 5.74) is 1.51. The molecule has 0 saturated carbocycles. The molecule has 0 spiro atoms. The zero-order valence-electron chi connectivity index (χ0n) is 13.0. The van der Waals surface area contributed by atoms with E-state index >= 15 is 0 Å². The Kier molecular flexibility index (Phi) is 4.69. The van der Waals surface area contributed by atoms with Crippen LogP contribution in [0.5, 0.6) is 0 Å². The SMILES string of the molecule is CSc1nc(NCCC(C)C)c2c3c(sc2n1)CCCC3. The van der Waals surface area contributed by atoms with Gasteiger partial charge in [0, 0.05) is 11.4 Å². The summed E-state index contributed by atoms with van der Waals surface area (Å²) in [7, 11) is 0. The second kappa shape index (κ2) is 6.53. The van der Waals surface area contributed by atoms with Crippen LogP contribution in [-0.2, 0) is 12.8 Å². The van der Waals surface area contributed by atoms with Crippen molar-refractivity contribution in [3.05, 3.63) is 10.4 Å². The van der Waals surface area contributed by atoms with Crippen LogP contribution in [0.25, 0.3) is 10.2 Å². The Balaban J connectivity index is 2.00. The summed E-state index contributed by atoms with van der Waals surface area (Å²) < 4.78 is 0. The van der Waals surface area contributed by atoms with E-state index in [0.717, 1.165) is 17.5 Å².